The summed E-state index contributed by atoms with van der Waals surface area (Å²) in [5, 5.41) is 16.3. The summed E-state index contributed by atoms with van der Waals surface area (Å²) < 4.78 is 0. The molecule has 0 bridgehead atoms. The van der Waals surface area contributed by atoms with Crippen LogP contribution in [0.2, 0.25) is 0 Å². The van der Waals surface area contributed by atoms with E-state index in [2.05, 4.69) is 28.6 Å². The zero-order valence-corrected chi connectivity index (χ0v) is 18.9. The molecule has 172 valence electrons. The van der Waals surface area contributed by atoms with Crippen LogP contribution in [0.5, 0.6) is 0 Å². The maximum Gasteiger partial charge on any atom is 0.326 e. The van der Waals surface area contributed by atoms with Crippen LogP contribution in [0.15, 0.2) is 0 Å². The van der Waals surface area contributed by atoms with Crippen molar-refractivity contribution in [2.24, 2.45) is 17.4 Å². The molecule has 0 saturated heterocycles. The van der Waals surface area contributed by atoms with Crippen LogP contribution in [-0.2, 0) is 24.0 Å². The second kappa shape index (κ2) is 14.1. The lowest BCUT2D eigenvalue weighted by Crippen LogP contribution is -2.58. The van der Waals surface area contributed by atoms with Gasteiger partial charge in [0.25, 0.3) is 0 Å². The van der Waals surface area contributed by atoms with Crippen molar-refractivity contribution in [3.8, 4) is 0 Å². The Morgan fingerprint density at radius 1 is 0.967 bits per heavy atom. The van der Waals surface area contributed by atoms with E-state index >= 15 is 0 Å². The molecule has 0 aromatic rings. The van der Waals surface area contributed by atoms with Gasteiger partial charge in [0.1, 0.15) is 18.1 Å². The minimum absolute atomic E-state index is 0.144. The van der Waals surface area contributed by atoms with E-state index in [1.807, 2.05) is 0 Å². The summed E-state index contributed by atoms with van der Waals surface area (Å²) in [6, 6.07) is -4.58. The maximum absolute atomic E-state index is 12.6. The molecule has 0 spiro atoms. The van der Waals surface area contributed by atoms with Gasteiger partial charge in [0.15, 0.2) is 0 Å². The molecule has 0 saturated carbocycles. The lowest BCUT2D eigenvalue weighted by molar-refractivity contribution is -0.142. The second-order valence-corrected chi connectivity index (χ2v) is 8.28. The Labute approximate surface area is 185 Å². The van der Waals surface area contributed by atoms with Gasteiger partial charge in [-0.2, -0.15) is 24.4 Å². The topological polar surface area (TPSA) is 194 Å². The van der Waals surface area contributed by atoms with Gasteiger partial charge in [-0.15, -0.1) is 0 Å². The number of thiol groups is 1. The molecule has 4 amide bonds. The molecule has 0 rings (SSSR count). The number of primary amides is 1. The van der Waals surface area contributed by atoms with E-state index in [-0.39, 0.29) is 18.1 Å². The predicted molar refractivity (Wildman–Crippen MR) is 117 cm³/mol. The molecule has 0 aliphatic carbocycles. The van der Waals surface area contributed by atoms with Crippen molar-refractivity contribution in [1.82, 2.24) is 16.0 Å². The molecular formula is C17H31N5O6S2. The molecular weight excluding hydrogens is 434 g/mol. The van der Waals surface area contributed by atoms with Crippen molar-refractivity contribution >= 4 is 54.0 Å². The van der Waals surface area contributed by atoms with Crippen LogP contribution in [0.25, 0.3) is 0 Å². The van der Waals surface area contributed by atoms with Crippen LogP contribution in [0.3, 0.4) is 0 Å². The van der Waals surface area contributed by atoms with E-state index in [4.69, 9.17) is 11.5 Å². The summed E-state index contributed by atoms with van der Waals surface area (Å²) in [6.07, 6.45) is 1.49. The summed E-state index contributed by atoms with van der Waals surface area (Å²) in [5.41, 5.74) is 10.9. The Morgan fingerprint density at radius 3 is 1.90 bits per heavy atom. The lowest BCUT2D eigenvalue weighted by Gasteiger charge is -2.24. The van der Waals surface area contributed by atoms with Crippen molar-refractivity contribution in [2.45, 2.75) is 50.9 Å². The summed E-state index contributed by atoms with van der Waals surface area (Å²) in [6.45, 7) is 3.43. The zero-order valence-electron chi connectivity index (χ0n) is 17.2. The molecule has 0 radical (unpaired) electrons. The van der Waals surface area contributed by atoms with E-state index in [0.717, 1.165) is 0 Å². The fraction of sp³-hybridized carbons (Fsp3) is 0.706. The first-order valence-corrected chi connectivity index (χ1v) is 11.2. The number of amides is 4. The molecule has 8 N–H and O–H groups in total. The number of carbonyl (C=O) groups excluding carboxylic acids is 4. The first-order valence-electron chi connectivity index (χ1n) is 9.22. The summed E-state index contributed by atoms with van der Waals surface area (Å²) in [7, 11) is 0. The monoisotopic (exact) mass is 465 g/mol. The van der Waals surface area contributed by atoms with E-state index in [9.17, 15) is 29.1 Å². The summed E-state index contributed by atoms with van der Waals surface area (Å²) >= 11 is 5.44. The van der Waals surface area contributed by atoms with Gasteiger partial charge >= 0.3 is 5.97 Å². The molecule has 13 heteroatoms. The normalized spacial score (nSPS) is 14.9. The fourth-order valence-corrected chi connectivity index (χ4v) is 2.94. The number of hydrogen-bond acceptors (Lipinski definition) is 8. The minimum Gasteiger partial charge on any atom is -0.480 e. The van der Waals surface area contributed by atoms with Gasteiger partial charge in [0.05, 0.1) is 12.5 Å². The van der Waals surface area contributed by atoms with E-state index in [1.54, 1.807) is 20.1 Å². The Bertz CT molecular complexity index is 634. The van der Waals surface area contributed by atoms with E-state index in [1.165, 1.54) is 11.8 Å². The highest BCUT2D eigenvalue weighted by Gasteiger charge is 2.30. The Kier molecular flexibility index (Phi) is 13.2. The maximum atomic E-state index is 12.6. The molecule has 0 heterocycles. The molecule has 0 aromatic carbocycles. The SMILES string of the molecule is CSCCC(NC(=O)C(CS)NC(=O)C(CC(N)=O)NC(=O)C(N)C(C)C)C(=O)O. The van der Waals surface area contributed by atoms with Gasteiger partial charge in [0, 0.05) is 5.75 Å². The average Bonchev–Trinajstić information content (AvgIpc) is 2.66. The smallest absolute Gasteiger partial charge is 0.326 e. The number of aliphatic carboxylic acids is 1. The van der Waals surface area contributed by atoms with Crippen LogP contribution < -0.4 is 27.4 Å². The first kappa shape index (κ1) is 28.0. The molecule has 4 atom stereocenters. The number of nitrogens with two attached hydrogens (primary N) is 2. The van der Waals surface area contributed by atoms with Gasteiger partial charge in [-0.1, -0.05) is 13.8 Å². The number of nitrogens with one attached hydrogen (secondary N) is 3. The molecule has 11 nitrogen and oxygen atoms in total. The fourth-order valence-electron chi connectivity index (χ4n) is 2.21. The Hall–Kier alpha value is -1.99. The second-order valence-electron chi connectivity index (χ2n) is 6.93. The highest BCUT2D eigenvalue weighted by molar-refractivity contribution is 7.98. The Morgan fingerprint density at radius 2 is 1.47 bits per heavy atom. The minimum atomic E-state index is -1.35. The van der Waals surface area contributed by atoms with Crippen molar-refractivity contribution in [3.63, 3.8) is 0 Å². The lowest BCUT2D eigenvalue weighted by atomic mass is 10.0. The van der Waals surface area contributed by atoms with Crippen LogP contribution in [0, 0.1) is 5.92 Å². The summed E-state index contributed by atoms with van der Waals surface area (Å²) in [4.78, 5) is 59.7. The number of carbonyl (C=O) groups is 5. The molecule has 0 fully saturated rings. The van der Waals surface area contributed by atoms with Gasteiger partial charge in [-0.25, -0.2) is 4.79 Å². The first-order chi connectivity index (χ1) is 13.9. The average molecular weight is 466 g/mol. The molecule has 4 unspecified atom stereocenters. The number of rotatable bonds is 14. The summed E-state index contributed by atoms with van der Waals surface area (Å²) in [5.74, 6) is -4.15. The predicted octanol–water partition coefficient (Wildman–Crippen LogP) is -1.93. The largest absolute Gasteiger partial charge is 0.480 e. The van der Waals surface area contributed by atoms with Gasteiger partial charge in [-0.3, -0.25) is 19.2 Å². The third-order valence-corrected chi connectivity index (χ3v) is 5.11. The molecule has 0 aliphatic heterocycles. The van der Waals surface area contributed by atoms with Crippen LogP contribution >= 0.6 is 24.4 Å². The van der Waals surface area contributed by atoms with Crippen LogP contribution in [0.4, 0.5) is 0 Å². The van der Waals surface area contributed by atoms with E-state index < -0.39 is 60.2 Å². The highest BCUT2D eigenvalue weighted by Crippen LogP contribution is 2.04. The Balaban J connectivity index is 5.22. The number of hydrogen-bond donors (Lipinski definition) is 7. The van der Waals surface area contributed by atoms with Crippen molar-refractivity contribution in [1.29, 1.82) is 0 Å². The third kappa shape index (κ3) is 10.2. The molecule has 30 heavy (non-hydrogen) atoms. The number of carboxylic acid groups (broad SMARTS) is 1. The molecule has 0 aromatic heterocycles. The van der Waals surface area contributed by atoms with Crippen LogP contribution in [-0.4, -0.2) is 76.6 Å². The van der Waals surface area contributed by atoms with Crippen molar-refractivity contribution < 1.29 is 29.1 Å². The zero-order chi connectivity index (χ0) is 23.4. The standard InChI is InChI=1S/C17H31N5O6S2/c1-8(2)13(19)16(26)21-10(6-12(18)23)14(24)22-11(7-29)15(25)20-9(17(27)28)4-5-30-3/h8-11,13,29H,4-7,19H2,1-3H3,(H2,18,23)(H,20,25)(H,21,26)(H,22,24)(H,27,28). The number of thioether (sulfide) groups is 1. The van der Waals surface area contributed by atoms with E-state index in [0.29, 0.717) is 5.75 Å². The van der Waals surface area contributed by atoms with Crippen molar-refractivity contribution in [2.75, 3.05) is 17.8 Å². The van der Waals surface area contributed by atoms with Gasteiger partial charge < -0.3 is 32.5 Å². The molecule has 0 aliphatic rings. The quantitative estimate of drug-likeness (QED) is 0.144. The van der Waals surface area contributed by atoms with Gasteiger partial charge in [-0.05, 0) is 24.3 Å². The third-order valence-electron chi connectivity index (χ3n) is 4.10. The van der Waals surface area contributed by atoms with Gasteiger partial charge in [0.2, 0.25) is 23.6 Å². The van der Waals surface area contributed by atoms with Crippen molar-refractivity contribution in [3.05, 3.63) is 0 Å². The van der Waals surface area contributed by atoms with Crippen LogP contribution in [0.1, 0.15) is 26.7 Å². The highest BCUT2D eigenvalue weighted by atomic mass is 32.2. The number of carboxylic acids is 1.